The Morgan fingerprint density at radius 1 is 0.893 bits per heavy atom. The Bertz CT molecular complexity index is 1090. The third kappa shape index (κ3) is 4.94. The maximum atomic E-state index is 12.7. The molecule has 28 heavy (non-hydrogen) atoms. The molecule has 0 atom stereocenters. The molecule has 0 amide bonds. The molecule has 4 nitrogen and oxygen atoms in total. The third-order valence-corrected chi connectivity index (χ3v) is 6.14. The number of aryl methyl sites for hydroxylation is 3. The van der Waals surface area contributed by atoms with Crippen molar-refractivity contribution in [3.05, 3.63) is 87.4 Å². The quantitative estimate of drug-likeness (QED) is 0.476. The van der Waals surface area contributed by atoms with Crippen LogP contribution in [-0.2, 0) is 16.7 Å². The Labute approximate surface area is 174 Å². The number of benzene rings is 3. The summed E-state index contributed by atoms with van der Waals surface area (Å²) in [6, 6.07) is 18.1. The first kappa shape index (κ1) is 20.4. The summed E-state index contributed by atoms with van der Waals surface area (Å²) in [6.07, 6.45) is 0. The summed E-state index contributed by atoms with van der Waals surface area (Å²) in [7, 11) is -3.91. The highest BCUT2D eigenvalue weighted by molar-refractivity contribution is 9.10. The second kappa shape index (κ2) is 8.37. The molecule has 0 aliphatic rings. The Balaban J connectivity index is 1.86. The summed E-state index contributed by atoms with van der Waals surface area (Å²) in [6.45, 7) is 6.40. The van der Waals surface area contributed by atoms with E-state index < -0.39 is 10.1 Å². The van der Waals surface area contributed by atoms with Crippen molar-refractivity contribution in [1.29, 1.82) is 0 Å². The lowest BCUT2D eigenvalue weighted by atomic mass is 10.1. The van der Waals surface area contributed by atoms with E-state index >= 15 is 0 Å². The molecule has 0 fully saturated rings. The monoisotopic (exact) mass is 459 g/mol. The molecule has 0 unspecified atom stereocenters. The molecule has 0 aliphatic carbocycles. The number of rotatable bonds is 6. The molecular weight excluding hydrogens is 438 g/mol. The lowest BCUT2D eigenvalue weighted by molar-refractivity contribution is 0.483. The lowest BCUT2D eigenvalue weighted by Gasteiger charge is -2.15. The summed E-state index contributed by atoms with van der Waals surface area (Å²) in [4.78, 5) is 0.134. The molecule has 3 rings (SSSR count). The SMILES string of the molecule is Cc1ccc(S(=O)(=O)Oc2ccc(Br)cc2CNc2cc(C)ccc2C)cc1. The highest BCUT2D eigenvalue weighted by atomic mass is 79.9. The van der Waals surface area contributed by atoms with Crippen molar-refractivity contribution in [2.24, 2.45) is 0 Å². The van der Waals surface area contributed by atoms with E-state index in [4.69, 9.17) is 4.18 Å². The maximum absolute atomic E-state index is 12.7. The number of halogens is 1. The fourth-order valence-corrected chi connectivity index (χ4v) is 4.13. The van der Waals surface area contributed by atoms with E-state index in [2.05, 4.69) is 39.4 Å². The van der Waals surface area contributed by atoms with Gasteiger partial charge in [-0.25, -0.2) is 0 Å². The third-order valence-electron chi connectivity index (χ3n) is 4.39. The van der Waals surface area contributed by atoms with E-state index in [1.165, 1.54) is 0 Å². The zero-order valence-corrected chi connectivity index (χ0v) is 18.4. The van der Waals surface area contributed by atoms with Gasteiger partial charge in [-0.1, -0.05) is 45.8 Å². The second-order valence-electron chi connectivity index (χ2n) is 6.77. The van der Waals surface area contributed by atoms with E-state index in [9.17, 15) is 8.42 Å². The largest absolute Gasteiger partial charge is 0.381 e. The van der Waals surface area contributed by atoms with Crippen molar-refractivity contribution in [3.8, 4) is 5.75 Å². The van der Waals surface area contributed by atoms with Gasteiger partial charge in [-0.3, -0.25) is 0 Å². The van der Waals surface area contributed by atoms with Crippen LogP contribution in [0.2, 0.25) is 0 Å². The Kier molecular flexibility index (Phi) is 6.10. The fourth-order valence-electron chi connectivity index (χ4n) is 2.76. The van der Waals surface area contributed by atoms with E-state index in [1.54, 1.807) is 36.4 Å². The smallest absolute Gasteiger partial charge is 0.339 e. The maximum Gasteiger partial charge on any atom is 0.339 e. The van der Waals surface area contributed by atoms with Gasteiger partial charge < -0.3 is 9.50 Å². The molecular formula is C22H22BrNO3S. The van der Waals surface area contributed by atoms with Crippen LogP contribution < -0.4 is 9.50 Å². The minimum absolute atomic E-state index is 0.134. The first-order valence-corrected chi connectivity index (χ1v) is 11.1. The van der Waals surface area contributed by atoms with E-state index in [-0.39, 0.29) is 4.90 Å². The highest BCUT2D eigenvalue weighted by Gasteiger charge is 2.18. The van der Waals surface area contributed by atoms with Gasteiger partial charge in [0.15, 0.2) is 0 Å². The number of nitrogens with one attached hydrogen (secondary N) is 1. The van der Waals surface area contributed by atoms with E-state index in [0.717, 1.165) is 32.4 Å². The van der Waals surface area contributed by atoms with Crippen LogP contribution in [-0.4, -0.2) is 8.42 Å². The molecule has 0 radical (unpaired) electrons. The van der Waals surface area contributed by atoms with Crippen molar-refractivity contribution in [1.82, 2.24) is 0 Å². The van der Waals surface area contributed by atoms with E-state index in [1.807, 2.05) is 26.8 Å². The van der Waals surface area contributed by atoms with E-state index in [0.29, 0.717) is 12.3 Å². The van der Waals surface area contributed by atoms with Gasteiger partial charge in [-0.15, -0.1) is 0 Å². The molecule has 0 heterocycles. The molecule has 0 bridgehead atoms. The molecule has 0 saturated carbocycles. The van der Waals surface area contributed by atoms with Crippen LogP contribution in [0.15, 0.2) is 70.0 Å². The fraction of sp³-hybridized carbons (Fsp3) is 0.182. The minimum atomic E-state index is -3.91. The Hall–Kier alpha value is -2.31. The average Bonchev–Trinajstić information content (AvgIpc) is 2.64. The van der Waals surface area contributed by atoms with Crippen LogP contribution in [0.4, 0.5) is 5.69 Å². The van der Waals surface area contributed by atoms with Crippen LogP contribution in [0.1, 0.15) is 22.3 Å². The molecule has 6 heteroatoms. The number of anilines is 1. The topological polar surface area (TPSA) is 55.4 Å². The predicted octanol–water partition coefficient (Wildman–Crippen LogP) is 5.75. The lowest BCUT2D eigenvalue weighted by Crippen LogP contribution is -2.12. The molecule has 0 saturated heterocycles. The van der Waals surface area contributed by atoms with Crippen LogP contribution in [0.5, 0.6) is 5.75 Å². The molecule has 3 aromatic carbocycles. The summed E-state index contributed by atoms with van der Waals surface area (Å²) in [5.74, 6) is 0.307. The Morgan fingerprint density at radius 2 is 1.57 bits per heavy atom. The summed E-state index contributed by atoms with van der Waals surface area (Å²) < 4.78 is 31.7. The summed E-state index contributed by atoms with van der Waals surface area (Å²) in [5, 5.41) is 3.38. The molecule has 1 N–H and O–H groups in total. The van der Waals surface area contributed by atoms with Crippen LogP contribution >= 0.6 is 15.9 Å². The van der Waals surface area contributed by atoms with Gasteiger partial charge in [-0.05, 0) is 68.3 Å². The zero-order chi connectivity index (χ0) is 20.3. The van der Waals surface area contributed by atoms with Gasteiger partial charge in [0.2, 0.25) is 0 Å². The average molecular weight is 460 g/mol. The van der Waals surface area contributed by atoms with Gasteiger partial charge in [-0.2, -0.15) is 8.42 Å². The second-order valence-corrected chi connectivity index (χ2v) is 9.24. The van der Waals surface area contributed by atoms with Crippen LogP contribution in [0.3, 0.4) is 0 Å². The van der Waals surface area contributed by atoms with Gasteiger partial charge in [0.05, 0.1) is 0 Å². The van der Waals surface area contributed by atoms with Crippen molar-refractivity contribution in [3.63, 3.8) is 0 Å². The molecule has 0 spiro atoms. The van der Waals surface area contributed by atoms with Gasteiger partial charge in [0.1, 0.15) is 10.6 Å². The van der Waals surface area contributed by atoms with Crippen molar-refractivity contribution in [2.45, 2.75) is 32.2 Å². The standard InChI is InChI=1S/C22H22BrNO3S/c1-15-5-9-20(10-6-15)28(25,26)27-22-11-8-19(23)13-18(22)14-24-21-12-16(2)4-7-17(21)3/h4-13,24H,14H2,1-3H3. The zero-order valence-electron chi connectivity index (χ0n) is 16.0. The van der Waals surface area contributed by atoms with Crippen LogP contribution in [0, 0.1) is 20.8 Å². The van der Waals surface area contributed by atoms with Gasteiger partial charge >= 0.3 is 10.1 Å². The van der Waals surface area contributed by atoms with Gasteiger partial charge in [0.25, 0.3) is 0 Å². The first-order chi connectivity index (χ1) is 13.2. The van der Waals surface area contributed by atoms with Crippen LogP contribution in [0.25, 0.3) is 0 Å². The summed E-state index contributed by atoms with van der Waals surface area (Å²) in [5.41, 5.74) is 5.01. The molecule has 3 aromatic rings. The van der Waals surface area contributed by atoms with Gasteiger partial charge in [0, 0.05) is 22.3 Å². The first-order valence-electron chi connectivity index (χ1n) is 8.85. The normalized spacial score (nSPS) is 11.3. The predicted molar refractivity (Wildman–Crippen MR) is 116 cm³/mol. The molecule has 146 valence electrons. The number of hydrogen-bond donors (Lipinski definition) is 1. The van der Waals surface area contributed by atoms with Crippen molar-refractivity contribution < 1.29 is 12.6 Å². The van der Waals surface area contributed by atoms with Crippen molar-refractivity contribution in [2.75, 3.05) is 5.32 Å². The number of hydrogen-bond acceptors (Lipinski definition) is 4. The summed E-state index contributed by atoms with van der Waals surface area (Å²) >= 11 is 3.45. The molecule has 0 aromatic heterocycles. The van der Waals surface area contributed by atoms with Crippen molar-refractivity contribution >= 4 is 31.7 Å². The minimum Gasteiger partial charge on any atom is -0.381 e. The molecule has 0 aliphatic heterocycles. The highest BCUT2D eigenvalue weighted by Crippen LogP contribution is 2.28. The Morgan fingerprint density at radius 3 is 2.29 bits per heavy atom.